The minimum atomic E-state index is 0.510. The first-order valence-electron chi connectivity index (χ1n) is 2.59. The van der Waals surface area contributed by atoms with E-state index in [1.54, 1.807) is 6.08 Å². The summed E-state index contributed by atoms with van der Waals surface area (Å²) in [6.45, 7) is 2.42. The van der Waals surface area contributed by atoms with Gasteiger partial charge in [-0.25, -0.2) is 0 Å². The molecule has 0 rings (SSSR count). The molecule has 46 valence electrons. The van der Waals surface area contributed by atoms with Crippen LogP contribution >= 0.6 is 0 Å². The Bertz CT molecular complexity index is 103. The molecule has 2 heteroatoms. The molecule has 0 radical (unpaired) electrons. The zero-order valence-corrected chi connectivity index (χ0v) is 5.09. The molecule has 0 aromatic carbocycles. The van der Waals surface area contributed by atoms with E-state index >= 15 is 0 Å². The Balaban J connectivity index is 3.61. The summed E-state index contributed by atoms with van der Waals surface area (Å²) in [6, 6.07) is 0. The zero-order chi connectivity index (χ0) is 6.41. The highest BCUT2D eigenvalue weighted by Crippen LogP contribution is 1.82. The first kappa shape index (κ1) is 7.24. The summed E-state index contributed by atoms with van der Waals surface area (Å²) in [6.07, 6.45) is 5.45. The van der Waals surface area contributed by atoms with Crippen LogP contribution in [0.4, 0.5) is 0 Å². The van der Waals surface area contributed by atoms with Gasteiger partial charge in [0.25, 0.3) is 0 Å². The molecule has 0 aromatic rings. The second-order valence-electron chi connectivity index (χ2n) is 1.44. The van der Waals surface area contributed by atoms with Crippen molar-refractivity contribution >= 4 is 0 Å². The topological polar surface area (TPSA) is 52.0 Å². The van der Waals surface area contributed by atoms with Gasteiger partial charge < -0.3 is 11.5 Å². The van der Waals surface area contributed by atoms with Crippen LogP contribution in [0.3, 0.4) is 0 Å². The number of rotatable bonds is 2. The molecule has 0 heterocycles. The number of hydrogen-bond donors (Lipinski definition) is 2. The summed E-state index contributed by atoms with van der Waals surface area (Å²) in [4.78, 5) is 0. The third-order valence-electron chi connectivity index (χ3n) is 0.713. The van der Waals surface area contributed by atoms with Crippen molar-refractivity contribution in [3.63, 3.8) is 0 Å². The smallest absolute Gasteiger partial charge is 0.0282 e. The highest BCUT2D eigenvalue weighted by Gasteiger charge is 1.74. The Kier molecular flexibility index (Phi) is 3.98. The van der Waals surface area contributed by atoms with Gasteiger partial charge in [0.15, 0.2) is 0 Å². The lowest BCUT2D eigenvalue weighted by molar-refractivity contribution is 1.21. The minimum Gasteiger partial charge on any atom is -0.399 e. The van der Waals surface area contributed by atoms with E-state index in [2.05, 4.69) is 0 Å². The third-order valence-corrected chi connectivity index (χ3v) is 0.713. The van der Waals surface area contributed by atoms with Crippen molar-refractivity contribution in [3.05, 3.63) is 23.9 Å². The van der Waals surface area contributed by atoms with Crippen LogP contribution in [0.2, 0.25) is 0 Å². The summed E-state index contributed by atoms with van der Waals surface area (Å²) in [5, 5.41) is 0. The van der Waals surface area contributed by atoms with Crippen LogP contribution in [0.15, 0.2) is 23.9 Å². The molecule has 0 aromatic heterocycles. The molecule has 0 spiro atoms. The van der Waals surface area contributed by atoms with E-state index < -0.39 is 0 Å². The summed E-state index contributed by atoms with van der Waals surface area (Å²) < 4.78 is 0. The van der Waals surface area contributed by atoms with E-state index in [4.69, 9.17) is 11.5 Å². The van der Waals surface area contributed by atoms with Crippen molar-refractivity contribution in [1.29, 1.82) is 0 Å². The average molecular weight is 112 g/mol. The van der Waals surface area contributed by atoms with Crippen LogP contribution in [0.5, 0.6) is 0 Å². The predicted molar refractivity (Wildman–Crippen MR) is 36.1 cm³/mol. The van der Waals surface area contributed by atoms with Crippen molar-refractivity contribution in [1.82, 2.24) is 0 Å². The molecule has 0 amide bonds. The standard InChI is InChI=1S/C6H12N2/c1-2-3-6(8)4-5-7/h2-4H,5,7-8H2,1H3/b3-2+,6-4+. The molecule has 2 nitrogen and oxygen atoms in total. The molecule has 0 aliphatic heterocycles. The van der Waals surface area contributed by atoms with Gasteiger partial charge in [0.1, 0.15) is 0 Å². The van der Waals surface area contributed by atoms with Gasteiger partial charge >= 0.3 is 0 Å². The molecule has 0 aliphatic carbocycles. The molecule has 0 aliphatic rings. The fourth-order valence-electron chi connectivity index (χ4n) is 0.397. The highest BCUT2D eigenvalue weighted by atomic mass is 14.6. The van der Waals surface area contributed by atoms with Crippen LogP contribution in [0.1, 0.15) is 6.92 Å². The predicted octanol–water partition coefficient (Wildman–Crippen LogP) is 0.364. The van der Waals surface area contributed by atoms with Gasteiger partial charge in [-0.1, -0.05) is 6.08 Å². The summed E-state index contributed by atoms with van der Waals surface area (Å²) in [7, 11) is 0. The van der Waals surface area contributed by atoms with Crippen LogP contribution in [-0.4, -0.2) is 6.54 Å². The van der Waals surface area contributed by atoms with Gasteiger partial charge in [-0.05, 0) is 19.1 Å². The molecular formula is C6H12N2. The van der Waals surface area contributed by atoms with E-state index in [9.17, 15) is 0 Å². The fourth-order valence-corrected chi connectivity index (χ4v) is 0.397. The Morgan fingerprint density at radius 3 is 2.62 bits per heavy atom. The molecule has 0 atom stereocenters. The second kappa shape index (κ2) is 4.40. The first-order valence-corrected chi connectivity index (χ1v) is 2.59. The van der Waals surface area contributed by atoms with E-state index in [1.807, 2.05) is 19.1 Å². The Hall–Kier alpha value is -0.760. The van der Waals surface area contributed by atoms with Gasteiger partial charge in [0.05, 0.1) is 0 Å². The van der Waals surface area contributed by atoms with E-state index in [-0.39, 0.29) is 0 Å². The largest absolute Gasteiger partial charge is 0.399 e. The van der Waals surface area contributed by atoms with Gasteiger partial charge in [0, 0.05) is 12.2 Å². The summed E-state index contributed by atoms with van der Waals surface area (Å²) in [5.74, 6) is 0. The molecule has 0 saturated carbocycles. The maximum absolute atomic E-state index is 5.39. The van der Waals surface area contributed by atoms with Crippen molar-refractivity contribution in [2.24, 2.45) is 11.5 Å². The average Bonchev–Trinajstić information content (AvgIpc) is 1.68. The maximum Gasteiger partial charge on any atom is 0.0282 e. The monoisotopic (exact) mass is 112 g/mol. The third kappa shape index (κ3) is 3.43. The normalized spacial score (nSPS) is 13.0. The molecule has 0 bridgehead atoms. The number of nitrogens with two attached hydrogens (primary N) is 2. The van der Waals surface area contributed by atoms with Gasteiger partial charge in [-0.15, -0.1) is 0 Å². The van der Waals surface area contributed by atoms with E-state index in [0.29, 0.717) is 6.54 Å². The van der Waals surface area contributed by atoms with Gasteiger partial charge in [-0.3, -0.25) is 0 Å². The molecule has 0 fully saturated rings. The quantitative estimate of drug-likeness (QED) is 0.507. The maximum atomic E-state index is 5.39. The van der Waals surface area contributed by atoms with Gasteiger partial charge in [0.2, 0.25) is 0 Å². The van der Waals surface area contributed by atoms with Crippen molar-refractivity contribution in [3.8, 4) is 0 Å². The number of hydrogen-bond acceptors (Lipinski definition) is 2. The zero-order valence-electron chi connectivity index (χ0n) is 5.09. The van der Waals surface area contributed by atoms with Crippen molar-refractivity contribution in [2.45, 2.75) is 6.92 Å². The second-order valence-corrected chi connectivity index (χ2v) is 1.44. The van der Waals surface area contributed by atoms with Crippen LogP contribution in [0.25, 0.3) is 0 Å². The van der Waals surface area contributed by atoms with Crippen molar-refractivity contribution < 1.29 is 0 Å². The summed E-state index contributed by atoms with van der Waals surface area (Å²) in [5.41, 5.74) is 11.3. The van der Waals surface area contributed by atoms with Gasteiger partial charge in [-0.2, -0.15) is 0 Å². The molecule has 0 unspecified atom stereocenters. The Labute approximate surface area is 49.9 Å². The SMILES string of the molecule is C/C=C/C(N)=C\CN. The molecular weight excluding hydrogens is 100 g/mol. The lowest BCUT2D eigenvalue weighted by Crippen LogP contribution is -1.99. The summed E-state index contributed by atoms with van der Waals surface area (Å²) >= 11 is 0. The minimum absolute atomic E-state index is 0.510. The Morgan fingerprint density at radius 1 is 1.62 bits per heavy atom. The lowest BCUT2D eigenvalue weighted by atomic mass is 10.4. The van der Waals surface area contributed by atoms with Crippen molar-refractivity contribution in [2.75, 3.05) is 6.54 Å². The molecule has 0 saturated heterocycles. The molecule has 8 heavy (non-hydrogen) atoms. The van der Waals surface area contributed by atoms with Crippen LogP contribution in [-0.2, 0) is 0 Å². The lowest BCUT2D eigenvalue weighted by Gasteiger charge is -1.86. The van der Waals surface area contributed by atoms with E-state index in [0.717, 1.165) is 5.70 Å². The van der Waals surface area contributed by atoms with E-state index in [1.165, 1.54) is 0 Å². The number of allylic oxidation sites excluding steroid dienone is 2. The van der Waals surface area contributed by atoms with Crippen LogP contribution < -0.4 is 11.5 Å². The molecule has 4 N–H and O–H groups in total. The fraction of sp³-hybridized carbons (Fsp3) is 0.333. The first-order chi connectivity index (χ1) is 3.81. The Morgan fingerprint density at radius 2 is 2.25 bits per heavy atom. The highest BCUT2D eigenvalue weighted by molar-refractivity contribution is 5.13. The van der Waals surface area contributed by atoms with Crippen LogP contribution in [0, 0.1) is 0 Å².